The van der Waals surface area contributed by atoms with Crippen molar-refractivity contribution in [1.29, 1.82) is 0 Å². The number of carbonyl (C=O) groups excluding carboxylic acids is 1. The summed E-state index contributed by atoms with van der Waals surface area (Å²) < 4.78 is 32.1. The maximum absolute atomic E-state index is 13.1. The molecule has 0 saturated heterocycles. The number of nitrogens with two attached hydrogens (primary N) is 1. The maximum atomic E-state index is 13.1. The van der Waals surface area contributed by atoms with E-state index in [1.807, 2.05) is 36.4 Å². The summed E-state index contributed by atoms with van der Waals surface area (Å²) in [5.74, 6) is -0.858. The summed E-state index contributed by atoms with van der Waals surface area (Å²) in [5, 5.41) is 0. The molecule has 0 spiro atoms. The fourth-order valence-corrected chi connectivity index (χ4v) is 4.75. The molecule has 0 saturated carbocycles. The number of methoxy groups -OCH3 is 1. The van der Waals surface area contributed by atoms with Gasteiger partial charge in [0.1, 0.15) is 6.04 Å². The predicted molar refractivity (Wildman–Crippen MR) is 102 cm³/mol. The van der Waals surface area contributed by atoms with E-state index in [4.69, 9.17) is 10.5 Å². The smallest absolute Gasteiger partial charge is 0.324 e. The highest BCUT2D eigenvalue weighted by Gasteiger charge is 2.46. The van der Waals surface area contributed by atoms with Crippen molar-refractivity contribution in [2.45, 2.75) is 31.2 Å². The fraction of sp³-hybridized carbons (Fsp3) is 0.421. The van der Waals surface area contributed by atoms with Gasteiger partial charge in [-0.3, -0.25) is 4.79 Å². The van der Waals surface area contributed by atoms with Crippen molar-refractivity contribution in [3.8, 4) is 0 Å². The molecule has 2 N–H and O–H groups in total. The standard InChI is InChI=1S/C19H26N2O4S/c1-14(2)17(18(22)25-4)21(3)26(23,24)19(20)12-10-16(11-13-19)15-8-6-5-7-9-15/h5-12,14,17H,13,20H2,1-4H3/t17-,19?/m0/s1. The second-order valence-corrected chi connectivity index (χ2v) is 9.04. The van der Waals surface area contributed by atoms with Gasteiger partial charge in [0.15, 0.2) is 4.87 Å². The third-order valence-electron chi connectivity index (χ3n) is 4.62. The molecule has 1 aliphatic rings. The Labute approximate surface area is 155 Å². The van der Waals surface area contributed by atoms with Crippen LogP contribution in [0.1, 0.15) is 25.8 Å². The molecule has 0 aliphatic heterocycles. The van der Waals surface area contributed by atoms with Gasteiger partial charge in [-0.15, -0.1) is 0 Å². The van der Waals surface area contributed by atoms with Crippen molar-refractivity contribution in [1.82, 2.24) is 4.31 Å². The number of sulfonamides is 1. The molecule has 0 amide bonds. The van der Waals surface area contributed by atoms with Crippen LogP contribution in [-0.2, 0) is 19.6 Å². The van der Waals surface area contributed by atoms with Gasteiger partial charge in [-0.25, -0.2) is 8.42 Å². The second kappa shape index (κ2) is 7.73. The molecule has 26 heavy (non-hydrogen) atoms. The van der Waals surface area contributed by atoms with Crippen LogP contribution in [0, 0.1) is 5.92 Å². The van der Waals surface area contributed by atoms with Crippen LogP contribution in [0.3, 0.4) is 0 Å². The van der Waals surface area contributed by atoms with Gasteiger partial charge >= 0.3 is 5.97 Å². The van der Waals surface area contributed by atoms with E-state index in [2.05, 4.69) is 0 Å². The number of likely N-dealkylation sites (N-methyl/N-ethyl adjacent to an activating group) is 1. The molecule has 0 aromatic heterocycles. The number of nitrogens with zero attached hydrogens (tertiary/aromatic N) is 1. The van der Waals surface area contributed by atoms with Crippen LogP contribution in [0.4, 0.5) is 0 Å². The molecule has 0 radical (unpaired) electrons. The number of ether oxygens (including phenoxy) is 1. The highest BCUT2D eigenvalue weighted by atomic mass is 32.2. The van der Waals surface area contributed by atoms with Crippen LogP contribution in [-0.4, -0.2) is 43.8 Å². The molecule has 0 fully saturated rings. The summed E-state index contributed by atoms with van der Waals surface area (Å²) in [4.78, 5) is 10.5. The normalized spacial score (nSPS) is 21.6. The molecular weight excluding hydrogens is 352 g/mol. The quantitative estimate of drug-likeness (QED) is 0.766. The molecule has 7 heteroatoms. The number of carbonyl (C=O) groups is 1. The lowest BCUT2D eigenvalue weighted by Gasteiger charge is -2.36. The minimum Gasteiger partial charge on any atom is -0.468 e. The van der Waals surface area contributed by atoms with Gasteiger partial charge in [-0.05, 0) is 23.1 Å². The molecule has 0 bridgehead atoms. The van der Waals surface area contributed by atoms with Crippen LogP contribution in [0.2, 0.25) is 0 Å². The topological polar surface area (TPSA) is 89.7 Å². The zero-order chi connectivity index (χ0) is 19.5. The summed E-state index contributed by atoms with van der Waals surface area (Å²) in [7, 11) is -1.37. The Morgan fingerprint density at radius 1 is 1.27 bits per heavy atom. The van der Waals surface area contributed by atoms with Gasteiger partial charge in [-0.2, -0.15) is 4.31 Å². The number of rotatable bonds is 6. The molecule has 0 heterocycles. The van der Waals surface area contributed by atoms with Crippen LogP contribution >= 0.6 is 0 Å². The Morgan fingerprint density at radius 2 is 1.88 bits per heavy atom. The first-order valence-electron chi connectivity index (χ1n) is 8.43. The number of hydrogen-bond donors (Lipinski definition) is 1. The van der Waals surface area contributed by atoms with E-state index < -0.39 is 26.9 Å². The van der Waals surface area contributed by atoms with E-state index in [1.165, 1.54) is 20.2 Å². The first kappa shape index (κ1) is 20.4. The van der Waals surface area contributed by atoms with Crippen molar-refractivity contribution >= 4 is 21.6 Å². The minimum absolute atomic E-state index is 0.117. The van der Waals surface area contributed by atoms with Crippen LogP contribution in [0.25, 0.3) is 5.57 Å². The third kappa shape index (κ3) is 3.75. The maximum Gasteiger partial charge on any atom is 0.324 e. The number of hydrogen-bond acceptors (Lipinski definition) is 5. The van der Waals surface area contributed by atoms with Crippen molar-refractivity contribution in [3.63, 3.8) is 0 Å². The molecule has 2 atom stereocenters. The lowest BCUT2D eigenvalue weighted by molar-refractivity contribution is -0.146. The SMILES string of the molecule is COC(=O)[C@H](C(C)C)N(C)S(=O)(=O)C1(N)C=CC(c2ccccc2)=CC1. The van der Waals surface area contributed by atoms with Crippen molar-refractivity contribution in [3.05, 3.63) is 54.1 Å². The van der Waals surface area contributed by atoms with E-state index in [0.29, 0.717) is 0 Å². The van der Waals surface area contributed by atoms with E-state index in [0.717, 1.165) is 15.4 Å². The van der Waals surface area contributed by atoms with E-state index in [1.54, 1.807) is 19.9 Å². The summed E-state index contributed by atoms with van der Waals surface area (Å²) in [5.41, 5.74) is 8.15. The summed E-state index contributed by atoms with van der Waals surface area (Å²) in [6.45, 7) is 3.53. The molecule has 1 aromatic rings. The van der Waals surface area contributed by atoms with Gasteiger partial charge in [0, 0.05) is 13.5 Å². The number of benzene rings is 1. The number of allylic oxidation sites excluding steroid dienone is 2. The molecule has 1 unspecified atom stereocenters. The largest absolute Gasteiger partial charge is 0.468 e. The predicted octanol–water partition coefficient (Wildman–Crippen LogP) is 2.14. The Kier molecular flexibility index (Phi) is 6.05. The van der Waals surface area contributed by atoms with Gasteiger partial charge in [0.05, 0.1) is 7.11 Å². The molecule has 142 valence electrons. The van der Waals surface area contributed by atoms with Crippen molar-refractivity contribution in [2.75, 3.05) is 14.2 Å². The van der Waals surface area contributed by atoms with E-state index >= 15 is 0 Å². The van der Waals surface area contributed by atoms with E-state index in [-0.39, 0.29) is 12.3 Å². The fourth-order valence-electron chi connectivity index (χ4n) is 3.05. The highest BCUT2D eigenvalue weighted by molar-refractivity contribution is 7.90. The zero-order valence-corrected chi connectivity index (χ0v) is 16.4. The Balaban J connectivity index is 2.30. The van der Waals surface area contributed by atoms with Crippen LogP contribution < -0.4 is 5.73 Å². The second-order valence-electron chi connectivity index (χ2n) is 6.75. The van der Waals surface area contributed by atoms with Gasteiger partial charge in [-0.1, -0.05) is 56.3 Å². The third-order valence-corrected chi connectivity index (χ3v) is 6.87. The van der Waals surface area contributed by atoms with E-state index in [9.17, 15) is 13.2 Å². The molecule has 1 aromatic carbocycles. The average Bonchev–Trinajstić information content (AvgIpc) is 2.62. The first-order chi connectivity index (χ1) is 12.1. The minimum atomic E-state index is -3.99. The first-order valence-corrected chi connectivity index (χ1v) is 9.87. The van der Waals surface area contributed by atoms with Crippen molar-refractivity contribution < 1.29 is 17.9 Å². The van der Waals surface area contributed by atoms with Gasteiger partial charge in [0.2, 0.25) is 10.0 Å². The summed E-state index contributed by atoms with van der Waals surface area (Å²) in [6.07, 6.45) is 5.14. The molecule has 6 nitrogen and oxygen atoms in total. The lowest BCUT2D eigenvalue weighted by atomic mass is 9.97. The Bertz CT molecular complexity index is 815. The molecule has 1 aliphatic carbocycles. The lowest BCUT2D eigenvalue weighted by Crippen LogP contribution is -2.57. The van der Waals surface area contributed by atoms with Gasteiger partial charge < -0.3 is 10.5 Å². The number of esters is 1. The Hall–Kier alpha value is -1.96. The monoisotopic (exact) mass is 378 g/mol. The Morgan fingerprint density at radius 3 is 2.35 bits per heavy atom. The average molecular weight is 378 g/mol. The summed E-state index contributed by atoms with van der Waals surface area (Å²) in [6, 6.07) is 8.73. The highest BCUT2D eigenvalue weighted by Crippen LogP contribution is 2.32. The van der Waals surface area contributed by atoms with Crippen LogP contribution in [0.15, 0.2) is 48.6 Å². The van der Waals surface area contributed by atoms with Gasteiger partial charge in [0.25, 0.3) is 0 Å². The summed E-state index contributed by atoms with van der Waals surface area (Å²) >= 11 is 0. The van der Waals surface area contributed by atoms with Crippen LogP contribution in [0.5, 0.6) is 0 Å². The van der Waals surface area contributed by atoms with Crippen molar-refractivity contribution in [2.24, 2.45) is 11.7 Å². The zero-order valence-electron chi connectivity index (χ0n) is 15.5. The molecular formula is C19H26N2O4S. The molecule has 2 rings (SSSR count).